The van der Waals surface area contributed by atoms with Gasteiger partial charge in [0, 0.05) is 6.54 Å². The third-order valence-corrected chi connectivity index (χ3v) is 5.56. The first-order valence-electron chi connectivity index (χ1n) is 8.06. The Morgan fingerprint density at radius 2 is 2.07 bits per heavy atom. The van der Waals surface area contributed by atoms with Crippen LogP contribution in [0.3, 0.4) is 0 Å². The number of carbonyl (C=O) groups is 2. The Labute approximate surface area is 164 Å². The number of carboxylic acids is 1. The molecule has 2 aromatic rings. The van der Waals surface area contributed by atoms with E-state index in [4.69, 9.17) is 0 Å². The molecule has 1 saturated heterocycles. The van der Waals surface area contributed by atoms with E-state index in [-0.39, 0.29) is 11.5 Å². The number of aromatic carboxylic acids is 1. The fourth-order valence-electron chi connectivity index (χ4n) is 2.26. The van der Waals surface area contributed by atoms with Crippen molar-refractivity contribution in [3.63, 3.8) is 0 Å². The van der Waals surface area contributed by atoms with E-state index in [0.717, 1.165) is 11.4 Å². The van der Waals surface area contributed by atoms with Crippen molar-refractivity contribution in [1.29, 1.82) is 0 Å². The summed E-state index contributed by atoms with van der Waals surface area (Å²) in [5, 5.41) is 20.8. The lowest BCUT2D eigenvalue weighted by Crippen LogP contribution is -2.29. The zero-order valence-corrected chi connectivity index (χ0v) is 16.0. The number of thioether (sulfide) groups is 1. The number of amides is 1. The number of rotatable bonds is 6. The molecule has 3 rings (SSSR count). The van der Waals surface area contributed by atoms with Gasteiger partial charge in [-0.25, -0.2) is 0 Å². The molecule has 0 radical (unpaired) electrons. The number of carboxylic acid groups (broad SMARTS) is 1. The maximum Gasteiger partial charge on any atom is 0.267 e. The first kappa shape index (κ1) is 19.0. The van der Waals surface area contributed by atoms with Crippen LogP contribution in [0.25, 0.3) is 6.08 Å². The van der Waals surface area contributed by atoms with Crippen molar-refractivity contribution in [1.82, 2.24) is 15.1 Å². The van der Waals surface area contributed by atoms with Crippen LogP contribution in [0.1, 0.15) is 27.9 Å². The SMILES string of the molecule is C=CCN1C(=O)C(=Cc2ccc(C(=O)[O-])cc2)SC1=Nc1nnc(CC)s1. The predicted molar refractivity (Wildman–Crippen MR) is 105 cm³/mol. The number of amidine groups is 1. The molecule has 1 fully saturated rings. The first-order valence-corrected chi connectivity index (χ1v) is 9.70. The quantitative estimate of drug-likeness (QED) is 0.546. The number of aliphatic imine (C=N–C) groups is 1. The number of benzene rings is 1. The zero-order chi connectivity index (χ0) is 19.4. The minimum atomic E-state index is -1.24. The highest BCUT2D eigenvalue weighted by Gasteiger charge is 2.32. The highest BCUT2D eigenvalue weighted by Crippen LogP contribution is 2.34. The van der Waals surface area contributed by atoms with Gasteiger partial charge < -0.3 is 9.90 Å². The largest absolute Gasteiger partial charge is 0.545 e. The first-order chi connectivity index (χ1) is 13.0. The molecule has 138 valence electrons. The van der Waals surface area contributed by atoms with Crippen LogP contribution in [0.5, 0.6) is 0 Å². The van der Waals surface area contributed by atoms with Gasteiger partial charge in [0.1, 0.15) is 5.01 Å². The molecule has 0 aliphatic carbocycles. The van der Waals surface area contributed by atoms with Crippen molar-refractivity contribution >= 4 is 51.4 Å². The molecule has 1 amide bonds. The van der Waals surface area contributed by atoms with Gasteiger partial charge in [0.25, 0.3) is 5.91 Å². The lowest BCUT2D eigenvalue weighted by molar-refractivity contribution is -0.255. The monoisotopic (exact) mass is 399 g/mol. The minimum absolute atomic E-state index is 0.0843. The van der Waals surface area contributed by atoms with Crippen molar-refractivity contribution in [3.8, 4) is 0 Å². The van der Waals surface area contributed by atoms with E-state index in [1.165, 1.54) is 40.1 Å². The van der Waals surface area contributed by atoms with Crippen LogP contribution in [0, 0.1) is 0 Å². The van der Waals surface area contributed by atoms with Crippen molar-refractivity contribution in [2.75, 3.05) is 6.54 Å². The second-order valence-electron chi connectivity index (χ2n) is 5.45. The summed E-state index contributed by atoms with van der Waals surface area (Å²) in [6.07, 6.45) is 4.10. The number of carbonyl (C=O) groups excluding carboxylic acids is 2. The molecule has 27 heavy (non-hydrogen) atoms. The van der Waals surface area contributed by atoms with Crippen molar-refractivity contribution in [2.45, 2.75) is 13.3 Å². The lowest BCUT2D eigenvalue weighted by atomic mass is 10.1. The number of aromatic nitrogens is 2. The molecule has 2 heterocycles. The Morgan fingerprint density at radius 1 is 1.33 bits per heavy atom. The molecule has 0 unspecified atom stereocenters. The van der Waals surface area contributed by atoms with E-state index >= 15 is 0 Å². The Balaban J connectivity index is 1.89. The van der Waals surface area contributed by atoms with Crippen LogP contribution >= 0.6 is 23.1 Å². The molecular formula is C18H15N4O3S2-. The molecule has 1 aromatic heterocycles. The van der Waals surface area contributed by atoms with Gasteiger partial charge in [-0.15, -0.1) is 16.8 Å². The van der Waals surface area contributed by atoms with Crippen LogP contribution < -0.4 is 5.11 Å². The van der Waals surface area contributed by atoms with Crippen molar-refractivity contribution in [2.24, 2.45) is 4.99 Å². The summed E-state index contributed by atoms with van der Waals surface area (Å²) in [4.78, 5) is 30.0. The maximum atomic E-state index is 12.7. The predicted octanol–water partition coefficient (Wildman–Crippen LogP) is 2.25. The Bertz CT molecular complexity index is 948. The topological polar surface area (TPSA) is 98.6 Å². The van der Waals surface area contributed by atoms with Gasteiger partial charge in [-0.05, 0) is 35.4 Å². The summed E-state index contributed by atoms with van der Waals surface area (Å²) in [6.45, 7) is 6.00. The van der Waals surface area contributed by atoms with Crippen LogP contribution in [-0.4, -0.2) is 38.7 Å². The number of aryl methyl sites for hydroxylation is 1. The van der Waals surface area contributed by atoms with Gasteiger partial charge in [0.05, 0.1) is 10.9 Å². The normalized spacial score (nSPS) is 17.1. The highest BCUT2D eigenvalue weighted by atomic mass is 32.2. The summed E-state index contributed by atoms with van der Waals surface area (Å²) in [5.41, 5.74) is 0.793. The molecule has 0 spiro atoms. The minimum Gasteiger partial charge on any atom is -0.545 e. The van der Waals surface area contributed by atoms with Gasteiger partial charge in [-0.1, -0.05) is 48.6 Å². The number of hydrogen-bond donors (Lipinski definition) is 0. The molecule has 1 aromatic carbocycles. The fourth-order valence-corrected chi connectivity index (χ4v) is 3.96. The second kappa shape index (κ2) is 8.28. The van der Waals surface area contributed by atoms with E-state index < -0.39 is 5.97 Å². The van der Waals surface area contributed by atoms with Crippen LogP contribution in [0.4, 0.5) is 5.13 Å². The highest BCUT2D eigenvalue weighted by molar-refractivity contribution is 8.18. The number of nitrogens with zero attached hydrogens (tertiary/aromatic N) is 4. The Kier molecular flexibility index (Phi) is 5.82. The second-order valence-corrected chi connectivity index (χ2v) is 7.50. The van der Waals surface area contributed by atoms with Gasteiger partial charge in [-0.2, -0.15) is 4.99 Å². The van der Waals surface area contributed by atoms with Gasteiger partial charge in [0.15, 0.2) is 5.17 Å². The zero-order valence-electron chi connectivity index (χ0n) is 14.4. The van der Waals surface area contributed by atoms with Gasteiger partial charge >= 0.3 is 0 Å². The Hall–Kier alpha value is -2.78. The lowest BCUT2D eigenvalue weighted by Gasteiger charge is -2.11. The molecule has 1 aliphatic heterocycles. The molecular weight excluding hydrogens is 384 g/mol. The summed E-state index contributed by atoms with van der Waals surface area (Å²) < 4.78 is 0. The molecule has 0 saturated carbocycles. The van der Waals surface area contributed by atoms with E-state index in [0.29, 0.717) is 27.3 Å². The summed E-state index contributed by atoms with van der Waals surface area (Å²) in [6, 6.07) is 6.13. The van der Waals surface area contributed by atoms with Crippen LogP contribution in [0.15, 0.2) is 46.8 Å². The molecule has 9 heteroatoms. The standard InChI is InChI=1S/C18H16N4O3S2/c1-3-9-22-15(23)13(10-11-5-7-12(8-6-11)16(24)25)26-18(22)19-17-21-20-14(4-2)27-17/h3,5-8,10H,1,4,9H2,2H3,(H,24,25)/p-1. The summed E-state index contributed by atoms with van der Waals surface area (Å²) >= 11 is 2.62. The van der Waals surface area contributed by atoms with E-state index in [9.17, 15) is 14.7 Å². The van der Waals surface area contributed by atoms with E-state index in [2.05, 4.69) is 21.8 Å². The number of hydrogen-bond acceptors (Lipinski definition) is 8. The van der Waals surface area contributed by atoms with Crippen molar-refractivity contribution in [3.05, 3.63) is 58.0 Å². The van der Waals surface area contributed by atoms with Crippen LogP contribution in [-0.2, 0) is 11.2 Å². The fraction of sp³-hybridized carbons (Fsp3) is 0.167. The molecule has 0 N–H and O–H groups in total. The molecule has 7 nitrogen and oxygen atoms in total. The third kappa shape index (κ3) is 4.32. The molecule has 0 bridgehead atoms. The third-order valence-electron chi connectivity index (χ3n) is 3.59. The van der Waals surface area contributed by atoms with Crippen molar-refractivity contribution < 1.29 is 14.7 Å². The molecule has 0 atom stereocenters. The maximum absolute atomic E-state index is 12.7. The average molecular weight is 399 g/mol. The van der Waals surface area contributed by atoms with Crippen LogP contribution in [0.2, 0.25) is 0 Å². The average Bonchev–Trinajstić information content (AvgIpc) is 3.22. The van der Waals surface area contributed by atoms with Gasteiger partial charge in [-0.3, -0.25) is 9.69 Å². The van der Waals surface area contributed by atoms with E-state index in [1.807, 2.05) is 6.92 Å². The molecule has 1 aliphatic rings. The summed E-state index contributed by atoms with van der Waals surface area (Å²) in [5.74, 6) is -1.43. The summed E-state index contributed by atoms with van der Waals surface area (Å²) in [7, 11) is 0. The Morgan fingerprint density at radius 3 is 2.67 bits per heavy atom. The van der Waals surface area contributed by atoms with E-state index in [1.54, 1.807) is 24.3 Å². The van der Waals surface area contributed by atoms with Gasteiger partial charge in [0.2, 0.25) is 5.13 Å². The smallest absolute Gasteiger partial charge is 0.267 e.